The van der Waals surface area contributed by atoms with E-state index in [9.17, 15) is 9.59 Å². The molecule has 1 aliphatic heterocycles. The van der Waals surface area contributed by atoms with Crippen LogP contribution in [0, 0.1) is 5.92 Å². The summed E-state index contributed by atoms with van der Waals surface area (Å²) >= 11 is 0. The van der Waals surface area contributed by atoms with Gasteiger partial charge in [0.05, 0.1) is 5.70 Å². The number of imide groups is 1. The number of hydrogen-bond acceptors (Lipinski definition) is 2. The minimum absolute atomic E-state index is 0.236. The number of nitrogens with zero attached hydrogens (tertiary/aromatic N) is 1. The number of amides is 2. The lowest BCUT2D eigenvalue weighted by Gasteiger charge is -2.24. The number of rotatable bonds is 3. The molecule has 0 aromatic rings. The smallest absolute Gasteiger partial charge is 0.258 e. The van der Waals surface area contributed by atoms with Gasteiger partial charge in [0.2, 0.25) is 0 Å². The molecule has 0 saturated carbocycles. The highest BCUT2D eigenvalue weighted by Crippen LogP contribution is 2.29. The summed E-state index contributed by atoms with van der Waals surface area (Å²) in [6, 6.07) is 0. The molecule has 3 nitrogen and oxygen atoms in total. The highest BCUT2D eigenvalue weighted by molar-refractivity contribution is 6.14. The van der Waals surface area contributed by atoms with Gasteiger partial charge in [-0.05, 0) is 24.0 Å². The van der Waals surface area contributed by atoms with Crippen LogP contribution in [0.2, 0.25) is 0 Å². The van der Waals surface area contributed by atoms with Crippen LogP contribution in [0.15, 0.2) is 35.6 Å². The van der Waals surface area contributed by atoms with Gasteiger partial charge in [0.15, 0.2) is 0 Å². The van der Waals surface area contributed by atoms with Crippen molar-refractivity contribution in [3.8, 4) is 0 Å². The van der Waals surface area contributed by atoms with Gasteiger partial charge in [0, 0.05) is 12.2 Å². The van der Waals surface area contributed by atoms with Crippen molar-refractivity contribution >= 4 is 11.8 Å². The SMILES string of the molecule is CC(C)CC1=C(N2C(=O)C=CC2=O)C=C1. The second-order valence-electron chi connectivity index (χ2n) is 4.19. The van der Waals surface area contributed by atoms with E-state index in [1.165, 1.54) is 17.1 Å². The lowest BCUT2D eigenvalue weighted by molar-refractivity contribution is -0.134. The Balaban J connectivity index is 2.18. The largest absolute Gasteiger partial charge is 0.269 e. The summed E-state index contributed by atoms with van der Waals surface area (Å²) in [6.07, 6.45) is 7.32. The summed E-state index contributed by atoms with van der Waals surface area (Å²) in [7, 11) is 0. The van der Waals surface area contributed by atoms with E-state index in [0.717, 1.165) is 17.7 Å². The lowest BCUT2D eigenvalue weighted by Crippen LogP contribution is -2.31. The summed E-state index contributed by atoms with van der Waals surface area (Å²) in [5.41, 5.74) is 1.86. The summed E-state index contributed by atoms with van der Waals surface area (Å²) in [5, 5.41) is 0. The molecule has 1 heterocycles. The van der Waals surface area contributed by atoms with Crippen LogP contribution in [-0.4, -0.2) is 16.7 Å². The molecule has 2 rings (SSSR count). The molecule has 0 aromatic heterocycles. The van der Waals surface area contributed by atoms with Crippen LogP contribution in [0.5, 0.6) is 0 Å². The standard InChI is InChI=1S/C12H13NO2/c1-8(2)7-9-3-4-10(9)13-11(14)5-6-12(13)15/h3-6,8H,7H2,1-2H3. The highest BCUT2D eigenvalue weighted by atomic mass is 16.2. The Morgan fingerprint density at radius 1 is 1.07 bits per heavy atom. The van der Waals surface area contributed by atoms with Crippen LogP contribution in [-0.2, 0) is 9.59 Å². The number of hydrogen-bond donors (Lipinski definition) is 0. The fourth-order valence-corrected chi connectivity index (χ4v) is 1.74. The van der Waals surface area contributed by atoms with Crippen LogP contribution < -0.4 is 0 Å². The normalized spacial score (nSPS) is 19.5. The maximum atomic E-state index is 11.4. The molecular formula is C12H13NO2. The van der Waals surface area contributed by atoms with Crippen molar-refractivity contribution in [2.45, 2.75) is 20.3 Å². The molecule has 0 unspecified atom stereocenters. The van der Waals surface area contributed by atoms with Gasteiger partial charge in [-0.25, -0.2) is 4.90 Å². The Morgan fingerprint density at radius 3 is 2.07 bits per heavy atom. The molecule has 0 atom stereocenters. The zero-order chi connectivity index (χ0) is 11.0. The lowest BCUT2D eigenvalue weighted by atomic mass is 9.94. The molecule has 0 saturated heterocycles. The van der Waals surface area contributed by atoms with E-state index >= 15 is 0 Å². The zero-order valence-corrected chi connectivity index (χ0v) is 8.86. The van der Waals surface area contributed by atoms with Crippen molar-refractivity contribution in [1.29, 1.82) is 0 Å². The molecule has 0 aromatic carbocycles. The van der Waals surface area contributed by atoms with Crippen LogP contribution >= 0.6 is 0 Å². The Kier molecular flexibility index (Phi) is 2.31. The van der Waals surface area contributed by atoms with Crippen LogP contribution in [0.1, 0.15) is 20.3 Å². The highest BCUT2D eigenvalue weighted by Gasteiger charge is 2.29. The van der Waals surface area contributed by atoms with Crippen molar-refractivity contribution in [2.24, 2.45) is 5.92 Å². The van der Waals surface area contributed by atoms with Gasteiger partial charge in [-0.15, -0.1) is 0 Å². The van der Waals surface area contributed by atoms with Gasteiger partial charge in [-0.3, -0.25) is 9.59 Å². The molecule has 0 N–H and O–H groups in total. The van der Waals surface area contributed by atoms with E-state index in [1.807, 2.05) is 12.2 Å². The van der Waals surface area contributed by atoms with Gasteiger partial charge in [-0.1, -0.05) is 19.9 Å². The topological polar surface area (TPSA) is 37.4 Å². The first kappa shape index (κ1) is 9.90. The van der Waals surface area contributed by atoms with E-state index in [0.29, 0.717) is 5.92 Å². The van der Waals surface area contributed by atoms with E-state index in [4.69, 9.17) is 0 Å². The van der Waals surface area contributed by atoms with E-state index in [2.05, 4.69) is 13.8 Å². The van der Waals surface area contributed by atoms with Crippen molar-refractivity contribution in [2.75, 3.05) is 0 Å². The minimum atomic E-state index is -0.236. The molecule has 1 aliphatic carbocycles. The predicted octanol–water partition coefficient (Wildman–Crippen LogP) is 1.78. The summed E-state index contributed by atoms with van der Waals surface area (Å²) in [4.78, 5) is 24.0. The maximum Gasteiger partial charge on any atom is 0.258 e. The fraction of sp³-hybridized carbons (Fsp3) is 0.333. The van der Waals surface area contributed by atoms with Crippen molar-refractivity contribution in [3.63, 3.8) is 0 Å². The third-order valence-corrected chi connectivity index (χ3v) is 2.45. The molecule has 3 heteroatoms. The monoisotopic (exact) mass is 203 g/mol. The predicted molar refractivity (Wildman–Crippen MR) is 56.6 cm³/mol. The Bertz CT molecular complexity index is 395. The van der Waals surface area contributed by atoms with Gasteiger partial charge < -0.3 is 0 Å². The van der Waals surface area contributed by atoms with Gasteiger partial charge in [0.1, 0.15) is 0 Å². The van der Waals surface area contributed by atoms with Crippen LogP contribution in [0.4, 0.5) is 0 Å². The number of carbonyl (C=O) groups excluding carboxylic acids is 2. The third kappa shape index (κ3) is 1.65. The molecule has 15 heavy (non-hydrogen) atoms. The van der Waals surface area contributed by atoms with E-state index in [-0.39, 0.29) is 11.8 Å². The van der Waals surface area contributed by atoms with Crippen LogP contribution in [0.3, 0.4) is 0 Å². The fourth-order valence-electron chi connectivity index (χ4n) is 1.74. The molecule has 0 bridgehead atoms. The molecular weight excluding hydrogens is 190 g/mol. The summed E-state index contributed by atoms with van der Waals surface area (Å²) in [5.74, 6) is 0.0573. The quantitative estimate of drug-likeness (QED) is 0.656. The maximum absolute atomic E-state index is 11.4. The Labute approximate surface area is 88.8 Å². The Hall–Kier alpha value is -1.64. The first-order valence-corrected chi connectivity index (χ1v) is 5.07. The average Bonchev–Trinajstić information content (AvgIpc) is 2.44. The molecule has 2 amide bonds. The average molecular weight is 203 g/mol. The number of allylic oxidation sites excluding steroid dienone is 3. The molecule has 0 fully saturated rings. The van der Waals surface area contributed by atoms with Gasteiger partial charge in [-0.2, -0.15) is 0 Å². The Morgan fingerprint density at radius 2 is 1.67 bits per heavy atom. The molecule has 2 aliphatic rings. The summed E-state index contributed by atoms with van der Waals surface area (Å²) < 4.78 is 0. The first-order chi connectivity index (χ1) is 7.09. The van der Waals surface area contributed by atoms with Crippen molar-refractivity contribution < 1.29 is 9.59 Å². The molecule has 0 radical (unpaired) electrons. The molecule has 0 spiro atoms. The van der Waals surface area contributed by atoms with Crippen molar-refractivity contribution in [3.05, 3.63) is 35.6 Å². The zero-order valence-electron chi connectivity index (χ0n) is 8.86. The van der Waals surface area contributed by atoms with Gasteiger partial charge in [0.25, 0.3) is 11.8 Å². The second kappa shape index (κ2) is 3.50. The third-order valence-electron chi connectivity index (χ3n) is 2.45. The second-order valence-corrected chi connectivity index (χ2v) is 4.19. The molecule has 78 valence electrons. The van der Waals surface area contributed by atoms with Crippen LogP contribution in [0.25, 0.3) is 0 Å². The minimum Gasteiger partial charge on any atom is -0.269 e. The first-order valence-electron chi connectivity index (χ1n) is 5.07. The number of carbonyl (C=O) groups is 2. The van der Waals surface area contributed by atoms with Gasteiger partial charge >= 0.3 is 0 Å². The summed E-state index contributed by atoms with van der Waals surface area (Å²) in [6.45, 7) is 4.23. The van der Waals surface area contributed by atoms with E-state index in [1.54, 1.807) is 0 Å². The van der Waals surface area contributed by atoms with E-state index < -0.39 is 0 Å². The van der Waals surface area contributed by atoms with Crippen molar-refractivity contribution in [1.82, 2.24) is 4.90 Å².